The van der Waals surface area contributed by atoms with Crippen LogP contribution in [-0.4, -0.2) is 78.0 Å². The highest BCUT2D eigenvalue weighted by atomic mass is 19.4. The summed E-state index contributed by atoms with van der Waals surface area (Å²) in [4.78, 5) is 4.55. The van der Waals surface area contributed by atoms with Crippen LogP contribution in [0.15, 0.2) is 24.3 Å². The largest absolute Gasteiger partial charge is 0.573 e. The van der Waals surface area contributed by atoms with Gasteiger partial charge in [0, 0.05) is 31.1 Å². The summed E-state index contributed by atoms with van der Waals surface area (Å²) in [5.41, 5.74) is 1.79. The Kier molecular flexibility index (Phi) is 6.24. The van der Waals surface area contributed by atoms with Gasteiger partial charge in [-0.1, -0.05) is 18.6 Å². The molecule has 204 valence electrons. The van der Waals surface area contributed by atoms with E-state index in [-0.39, 0.29) is 11.2 Å². The monoisotopic (exact) mass is 531 g/mol. The van der Waals surface area contributed by atoms with Crippen LogP contribution >= 0.6 is 0 Å². The van der Waals surface area contributed by atoms with Gasteiger partial charge in [0.1, 0.15) is 11.4 Å². The van der Waals surface area contributed by atoms with E-state index in [1.54, 1.807) is 10.6 Å². The zero-order valence-electron chi connectivity index (χ0n) is 21.6. The number of fused-ring (bicyclic) bond motifs is 3. The van der Waals surface area contributed by atoms with E-state index in [2.05, 4.69) is 44.1 Å². The number of ether oxygens (including phenoxy) is 2. The second-order valence-corrected chi connectivity index (χ2v) is 11.0. The van der Waals surface area contributed by atoms with Crippen molar-refractivity contribution in [1.29, 1.82) is 0 Å². The Morgan fingerprint density at radius 2 is 1.95 bits per heavy atom. The average molecular weight is 532 g/mol. The maximum Gasteiger partial charge on any atom is 0.573 e. The van der Waals surface area contributed by atoms with E-state index in [0.717, 1.165) is 57.5 Å². The van der Waals surface area contributed by atoms with Gasteiger partial charge in [-0.2, -0.15) is 4.52 Å². The molecule has 2 aromatic heterocycles. The van der Waals surface area contributed by atoms with Crippen molar-refractivity contribution < 1.29 is 22.6 Å². The first-order valence-electron chi connectivity index (χ1n) is 13.1. The lowest BCUT2D eigenvalue weighted by atomic mass is 9.69. The van der Waals surface area contributed by atoms with Gasteiger partial charge in [0.25, 0.3) is 0 Å². The molecule has 1 aromatic carbocycles. The fourth-order valence-electron chi connectivity index (χ4n) is 5.83. The van der Waals surface area contributed by atoms with Crippen LogP contribution in [0.4, 0.5) is 24.7 Å². The van der Waals surface area contributed by atoms with Crippen LogP contribution in [-0.2, 0) is 0 Å². The predicted octanol–water partition coefficient (Wildman–Crippen LogP) is 4.44. The van der Waals surface area contributed by atoms with Crippen molar-refractivity contribution >= 4 is 17.2 Å². The van der Waals surface area contributed by atoms with Crippen molar-refractivity contribution in [2.75, 3.05) is 57.1 Å². The molecule has 0 atom stereocenters. The Labute approximate surface area is 218 Å². The number of nitrogens with zero attached hydrogens (tertiary/aromatic N) is 6. The third kappa shape index (κ3) is 4.81. The van der Waals surface area contributed by atoms with E-state index in [9.17, 15) is 13.2 Å². The maximum absolute atomic E-state index is 12.8. The number of benzene rings is 1. The van der Waals surface area contributed by atoms with Gasteiger partial charge in [0.15, 0.2) is 17.4 Å². The summed E-state index contributed by atoms with van der Waals surface area (Å²) in [6.45, 7) is 4.33. The van der Waals surface area contributed by atoms with Crippen molar-refractivity contribution in [2.45, 2.75) is 38.5 Å². The second-order valence-electron chi connectivity index (χ2n) is 11.0. The van der Waals surface area contributed by atoms with Crippen molar-refractivity contribution in [2.24, 2.45) is 11.3 Å². The van der Waals surface area contributed by atoms with Gasteiger partial charge < -0.3 is 24.6 Å². The molecule has 9 nitrogen and oxygen atoms in total. The van der Waals surface area contributed by atoms with Crippen molar-refractivity contribution in [1.82, 2.24) is 24.7 Å². The maximum atomic E-state index is 12.8. The highest BCUT2D eigenvalue weighted by Gasteiger charge is 2.43. The topological polar surface area (TPSA) is 80.0 Å². The summed E-state index contributed by atoms with van der Waals surface area (Å²) in [6.07, 6.45) is 0.824. The number of alkyl halides is 3. The molecule has 3 aliphatic rings. The number of piperidine rings is 1. The molecule has 0 unspecified atom stereocenters. The van der Waals surface area contributed by atoms with Crippen LogP contribution in [0.3, 0.4) is 0 Å². The molecule has 38 heavy (non-hydrogen) atoms. The number of hydrogen-bond donors (Lipinski definition) is 1. The quantitative estimate of drug-likeness (QED) is 0.518. The minimum Gasteiger partial charge on any atom is -0.487 e. The smallest absolute Gasteiger partial charge is 0.487 e. The number of hydrogen-bond acceptors (Lipinski definition) is 8. The number of likely N-dealkylation sites (tertiary alicyclic amines) is 1. The van der Waals surface area contributed by atoms with Gasteiger partial charge in [-0.15, -0.1) is 28.5 Å². The fourth-order valence-corrected chi connectivity index (χ4v) is 5.83. The van der Waals surface area contributed by atoms with Gasteiger partial charge in [-0.25, -0.2) is 0 Å². The Morgan fingerprint density at radius 1 is 1.16 bits per heavy atom. The second kappa shape index (κ2) is 9.48. The third-order valence-corrected chi connectivity index (χ3v) is 8.10. The van der Waals surface area contributed by atoms with Crippen LogP contribution < -0.4 is 19.7 Å². The van der Waals surface area contributed by atoms with Crippen LogP contribution in [0, 0.1) is 11.3 Å². The highest BCUT2D eigenvalue weighted by molar-refractivity contribution is 5.82. The molecule has 1 aliphatic carbocycles. The summed E-state index contributed by atoms with van der Waals surface area (Å²) < 4.78 is 50.7. The molecular formula is C26H32F3N7O2. The van der Waals surface area contributed by atoms with E-state index < -0.39 is 6.36 Å². The third-order valence-electron chi connectivity index (χ3n) is 8.10. The van der Waals surface area contributed by atoms with Crippen molar-refractivity contribution in [3.8, 4) is 22.9 Å². The number of aromatic nitrogens is 4. The number of rotatable bonds is 5. The van der Waals surface area contributed by atoms with Gasteiger partial charge in [-0.05, 0) is 63.9 Å². The Morgan fingerprint density at radius 3 is 2.66 bits per heavy atom. The molecule has 1 saturated heterocycles. The molecule has 6 rings (SSSR count). The lowest BCUT2D eigenvalue weighted by Gasteiger charge is -2.42. The molecule has 0 bridgehead atoms. The lowest BCUT2D eigenvalue weighted by Crippen LogP contribution is -2.43. The summed E-state index contributed by atoms with van der Waals surface area (Å²) in [7, 11) is 4.20. The molecule has 0 amide bonds. The molecule has 0 radical (unpaired) electrons. The lowest BCUT2D eigenvalue weighted by molar-refractivity contribution is -0.274. The normalized spacial score (nSPS) is 20.1. The fraction of sp³-hybridized carbons (Fsp3) is 0.577. The first-order chi connectivity index (χ1) is 18.2. The minimum absolute atomic E-state index is 0.0993. The van der Waals surface area contributed by atoms with Crippen molar-refractivity contribution in [3.63, 3.8) is 0 Å². The molecule has 2 fully saturated rings. The number of halogens is 3. The zero-order valence-corrected chi connectivity index (χ0v) is 21.6. The molecular weight excluding hydrogens is 499 g/mol. The van der Waals surface area contributed by atoms with Gasteiger partial charge in [0.2, 0.25) is 5.65 Å². The van der Waals surface area contributed by atoms with Crippen LogP contribution in [0.2, 0.25) is 0 Å². The molecule has 2 aliphatic heterocycles. The van der Waals surface area contributed by atoms with Crippen LogP contribution in [0.25, 0.3) is 17.0 Å². The van der Waals surface area contributed by atoms with E-state index in [1.807, 2.05) is 0 Å². The van der Waals surface area contributed by atoms with Crippen LogP contribution in [0.1, 0.15) is 32.1 Å². The SMILES string of the molecule is CN1CCC(CNc2nn3c(-c4cccc(OC(F)(F)F)c4)nnc3c3c2N(C)CC2(CCC2)CO3)CC1. The zero-order chi connectivity index (χ0) is 26.5. The summed E-state index contributed by atoms with van der Waals surface area (Å²) in [5, 5.41) is 17.2. The number of anilines is 2. The van der Waals surface area contributed by atoms with E-state index >= 15 is 0 Å². The minimum atomic E-state index is -4.79. The molecule has 4 heterocycles. The standard InChI is InChI=1S/C26H32F3N7O2/c1-34-11-7-17(8-12-34)14-30-22-20-21(37-16-25(9-4-10-25)15-35(20)2)24-32-31-23(36(24)33-22)18-5-3-6-19(13-18)38-26(27,28)29/h3,5-6,13,17H,4,7-12,14-16H2,1-2H3,(H,30,33). The van der Waals surface area contributed by atoms with Crippen molar-refractivity contribution in [3.05, 3.63) is 24.3 Å². The summed E-state index contributed by atoms with van der Waals surface area (Å²) >= 11 is 0. The first-order valence-corrected chi connectivity index (χ1v) is 13.1. The first kappa shape index (κ1) is 25.0. The van der Waals surface area contributed by atoms with E-state index in [0.29, 0.717) is 41.1 Å². The summed E-state index contributed by atoms with van der Waals surface area (Å²) in [5.74, 6) is 1.76. The molecule has 1 N–H and O–H groups in total. The highest BCUT2D eigenvalue weighted by Crippen LogP contribution is 2.48. The molecule has 1 spiro atoms. The Hall–Kier alpha value is -3.28. The Bertz CT molecular complexity index is 1320. The number of nitrogens with one attached hydrogen (secondary N) is 1. The van der Waals surface area contributed by atoms with Gasteiger partial charge >= 0.3 is 6.36 Å². The van der Waals surface area contributed by atoms with E-state index in [4.69, 9.17) is 9.84 Å². The van der Waals surface area contributed by atoms with Gasteiger partial charge in [0.05, 0.1) is 6.61 Å². The molecule has 12 heteroatoms. The van der Waals surface area contributed by atoms with E-state index in [1.165, 1.54) is 24.6 Å². The molecule has 3 aromatic rings. The van der Waals surface area contributed by atoms with Crippen LogP contribution in [0.5, 0.6) is 11.5 Å². The average Bonchev–Trinajstić information content (AvgIpc) is 3.20. The summed E-state index contributed by atoms with van der Waals surface area (Å²) in [6, 6.07) is 5.70. The predicted molar refractivity (Wildman–Crippen MR) is 137 cm³/mol. The Balaban J connectivity index is 1.40. The van der Waals surface area contributed by atoms with Gasteiger partial charge in [-0.3, -0.25) is 0 Å². The molecule has 1 saturated carbocycles.